The lowest BCUT2D eigenvalue weighted by molar-refractivity contribution is -0.111. The largest absolute Gasteiger partial charge is 0.493 e. The monoisotopic (exact) mass is 441 g/mol. The first-order valence-corrected chi connectivity index (χ1v) is 10.1. The number of anilines is 1. The number of carbonyl (C=O) groups is 1. The molecule has 3 aromatic rings. The predicted molar refractivity (Wildman–Crippen MR) is 119 cm³/mol. The van der Waals surface area contributed by atoms with E-state index in [1.54, 1.807) is 18.3 Å². The van der Waals surface area contributed by atoms with E-state index in [9.17, 15) is 13.6 Å². The third-order valence-corrected chi connectivity index (χ3v) is 4.64. The van der Waals surface area contributed by atoms with Gasteiger partial charge in [0.25, 0.3) is 0 Å². The summed E-state index contributed by atoms with van der Waals surface area (Å²) in [5, 5.41) is 2.83. The van der Waals surface area contributed by atoms with Crippen LogP contribution >= 0.6 is 0 Å². The molecule has 0 saturated heterocycles. The van der Waals surface area contributed by atoms with Gasteiger partial charge in [-0.3, -0.25) is 4.79 Å². The summed E-state index contributed by atoms with van der Waals surface area (Å²) in [6, 6.07) is 12.0. The number of hydrogen-bond acceptors (Lipinski definition) is 4. The molecule has 0 saturated carbocycles. The van der Waals surface area contributed by atoms with Crippen LogP contribution in [0.3, 0.4) is 0 Å². The van der Waals surface area contributed by atoms with Crippen LogP contribution in [-0.2, 0) is 11.3 Å². The number of nitrogens with one attached hydrogen (secondary N) is 1. The van der Waals surface area contributed by atoms with E-state index in [4.69, 9.17) is 4.74 Å². The van der Waals surface area contributed by atoms with Crippen molar-refractivity contribution in [1.29, 1.82) is 0 Å². The second kappa shape index (κ2) is 10.6. The van der Waals surface area contributed by atoms with Gasteiger partial charge in [0.05, 0.1) is 7.11 Å². The average molecular weight is 441 g/mol. The second-order valence-corrected chi connectivity index (χ2v) is 7.38. The number of imidazole rings is 1. The van der Waals surface area contributed by atoms with Gasteiger partial charge in [0, 0.05) is 36.6 Å². The molecule has 0 spiro atoms. The second-order valence-electron chi connectivity index (χ2n) is 7.38. The Labute approximate surface area is 185 Å². The molecule has 168 valence electrons. The fourth-order valence-electron chi connectivity index (χ4n) is 3.24. The van der Waals surface area contributed by atoms with Crippen LogP contribution in [0.5, 0.6) is 11.5 Å². The fourth-order valence-corrected chi connectivity index (χ4v) is 3.24. The molecule has 1 amide bonds. The molecule has 1 aromatic heterocycles. The third-order valence-electron chi connectivity index (χ3n) is 4.64. The fraction of sp³-hybridized carbons (Fsp3) is 0.250. The first kappa shape index (κ1) is 23.0. The number of rotatable bonds is 9. The number of alkyl halides is 2. The van der Waals surface area contributed by atoms with Gasteiger partial charge in [0.15, 0.2) is 11.5 Å². The lowest BCUT2D eigenvalue weighted by atomic mass is 10.1. The summed E-state index contributed by atoms with van der Waals surface area (Å²) in [4.78, 5) is 16.8. The number of halogens is 2. The van der Waals surface area contributed by atoms with Crippen LogP contribution < -0.4 is 14.8 Å². The van der Waals surface area contributed by atoms with E-state index in [0.717, 1.165) is 11.4 Å². The summed E-state index contributed by atoms with van der Waals surface area (Å²) in [6.45, 7) is 1.89. The van der Waals surface area contributed by atoms with Gasteiger partial charge in [-0.1, -0.05) is 32.0 Å². The van der Waals surface area contributed by atoms with Crippen LogP contribution in [0.4, 0.5) is 14.5 Å². The molecule has 0 fully saturated rings. The minimum Gasteiger partial charge on any atom is -0.493 e. The van der Waals surface area contributed by atoms with Crippen LogP contribution in [-0.4, -0.2) is 29.2 Å². The molecule has 0 radical (unpaired) electrons. The topological polar surface area (TPSA) is 65.4 Å². The molecule has 0 aliphatic heterocycles. The van der Waals surface area contributed by atoms with Gasteiger partial charge >= 0.3 is 6.61 Å². The molecular formula is C24H25F2N3O3. The average Bonchev–Trinajstić information content (AvgIpc) is 3.21. The highest BCUT2D eigenvalue weighted by atomic mass is 19.3. The molecule has 1 N–H and O–H groups in total. The maximum Gasteiger partial charge on any atom is 0.387 e. The molecule has 0 aliphatic carbocycles. The van der Waals surface area contributed by atoms with E-state index in [2.05, 4.69) is 33.5 Å². The minimum absolute atomic E-state index is 0.0700. The maximum absolute atomic E-state index is 12.4. The van der Waals surface area contributed by atoms with E-state index in [0.29, 0.717) is 23.7 Å². The smallest absolute Gasteiger partial charge is 0.387 e. The van der Waals surface area contributed by atoms with Gasteiger partial charge in [0.2, 0.25) is 5.91 Å². The molecule has 6 nitrogen and oxygen atoms in total. The van der Waals surface area contributed by atoms with Crippen molar-refractivity contribution in [2.75, 3.05) is 12.4 Å². The highest BCUT2D eigenvalue weighted by Crippen LogP contribution is 2.29. The Kier molecular flexibility index (Phi) is 7.59. The van der Waals surface area contributed by atoms with E-state index >= 15 is 0 Å². The van der Waals surface area contributed by atoms with Gasteiger partial charge in [0.1, 0.15) is 5.82 Å². The number of aromatic nitrogens is 2. The van der Waals surface area contributed by atoms with Crippen molar-refractivity contribution in [2.45, 2.75) is 32.9 Å². The first-order chi connectivity index (χ1) is 15.4. The predicted octanol–water partition coefficient (Wildman–Crippen LogP) is 5.32. The first-order valence-electron chi connectivity index (χ1n) is 10.1. The van der Waals surface area contributed by atoms with Crippen molar-refractivity contribution in [3.63, 3.8) is 0 Å². The standard InChI is InChI=1S/C24H25F2N3O3/c1-16(2)23-27-11-12-29(23)15-18-5-4-6-19(13-18)28-22(30)10-8-17-7-9-20(32-24(25)26)21(14-17)31-3/h4-14,16,24H,15H2,1-3H3,(H,28,30)/b10-8+. The molecule has 32 heavy (non-hydrogen) atoms. The number of nitrogens with zero attached hydrogens (tertiary/aromatic N) is 2. The molecule has 8 heteroatoms. The van der Waals surface area contributed by atoms with Gasteiger partial charge in [-0.25, -0.2) is 4.98 Å². The zero-order valence-corrected chi connectivity index (χ0v) is 18.1. The maximum atomic E-state index is 12.4. The molecule has 3 rings (SSSR count). The Morgan fingerprint density at radius 3 is 2.72 bits per heavy atom. The zero-order valence-electron chi connectivity index (χ0n) is 18.1. The van der Waals surface area contributed by atoms with E-state index in [-0.39, 0.29) is 17.4 Å². The molecular weight excluding hydrogens is 416 g/mol. The Hall–Kier alpha value is -3.68. The van der Waals surface area contributed by atoms with Crippen molar-refractivity contribution >= 4 is 17.7 Å². The number of ether oxygens (including phenoxy) is 2. The SMILES string of the molecule is COc1cc(/C=C/C(=O)Nc2cccc(Cn3ccnc3C(C)C)c2)ccc1OC(F)F. The summed E-state index contributed by atoms with van der Waals surface area (Å²) in [5.74, 6) is 1.08. The molecule has 1 heterocycles. The van der Waals surface area contributed by atoms with Crippen LogP contribution in [0.15, 0.2) is 60.9 Å². The highest BCUT2D eigenvalue weighted by Gasteiger charge is 2.11. The number of hydrogen-bond donors (Lipinski definition) is 1. The number of methoxy groups -OCH3 is 1. The van der Waals surface area contributed by atoms with Gasteiger partial charge in [-0.05, 0) is 41.5 Å². The van der Waals surface area contributed by atoms with Gasteiger partial charge in [-0.2, -0.15) is 8.78 Å². The van der Waals surface area contributed by atoms with E-state index < -0.39 is 6.61 Å². The lowest BCUT2D eigenvalue weighted by Gasteiger charge is -2.11. The summed E-state index contributed by atoms with van der Waals surface area (Å²) in [5.41, 5.74) is 2.31. The molecule has 0 aliphatic rings. The summed E-state index contributed by atoms with van der Waals surface area (Å²) < 4.78 is 36.4. The van der Waals surface area contributed by atoms with Crippen molar-refractivity contribution in [2.24, 2.45) is 0 Å². The number of amides is 1. The summed E-state index contributed by atoms with van der Waals surface area (Å²) >= 11 is 0. The van der Waals surface area contributed by atoms with Crippen molar-refractivity contribution in [3.05, 3.63) is 77.9 Å². The number of benzene rings is 2. The van der Waals surface area contributed by atoms with Crippen molar-refractivity contribution in [3.8, 4) is 11.5 Å². The molecule has 0 atom stereocenters. The minimum atomic E-state index is -2.95. The van der Waals surface area contributed by atoms with Crippen LogP contribution in [0, 0.1) is 0 Å². The zero-order chi connectivity index (χ0) is 23.1. The molecule has 0 bridgehead atoms. The van der Waals surface area contributed by atoms with E-state index in [1.165, 1.54) is 25.3 Å². The Morgan fingerprint density at radius 2 is 2.00 bits per heavy atom. The number of carbonyl (C=O) groups excluding carboxylic acids is 1. The van der Waals surface area contributed by atoms with Gasteiger partial charge in [-0.15, -0.1) is 0 Å². The Balaban J connectivity index is 1.65. The van der Waals surface area contributed by atoms with Crippen LogP contribution in [0.1, 0.15) is 36.7 Å². The van der Waals surface area contributed by atoms with Crippen LogP contribution in [0.25, 0.3) is 6.08 Å². The quantitative estimate of drug-likeness (QED) is 0.457. The third kappa shape index (κ3) is 6.16. The Bertz CT molecular complexity index is 1090. The molecule has 0 unspecified atom stereocenters. The van der Waals surface area contributed by atoms with Crippen LogP contribution in [0.2, 0.25) is 0 Å². The van der Waals surface area contributed by atoms with E-state index in [1.807, 2.05) is 30.5 Å². The highest BCUT2D eigenvalue weighted by molar-refractivity contribution is 6.02. The molecule has 2 aromatic carbocycles. The van der Waals surface area contributed by atoms with Crippen molar-refractivity contribution < 1.29 is 23.0 Å². The van der Waals surface area contributed by atoms with Crippen molar-refractivity contribution in [1.82, 2.24) is 9.55 Å². The van der Waals surface area contributed by atoms with Gasteiger partial charge < -0.3 is 19.4 Å². The Morgan fingerprint density at radius 1 is 1.19 bits per heavy atom. The summed E-state index contributed by atoms with van der Waals surface area (Å²) in [7, 11) is 1.36. The summed E-state index contributed by atoms with van der Waals surface area (Å²) in [6.07, 6.45) is 6.65. The normalized spacial score (nSPS) is 11.3. The lowest BCUT2D eigenvalue weighted by Crippen LogP contribution is -2.09.